The SMILES string of the molecule is CCc1onc(C)c1C(=O)Nc1ccc(N2CCNCC2)cn1. The molecule has 1 fully saturated rings. The van der Waals surface area contributed by atoms with Crippen LogP contribution in [0.5, 0.6) is 0 Å². The normalized spacial score (nSPS) is 14.8. The van der Waals surface area contributed by atoms with E-state index in [-0.39, 0.29) is 5.91 Å². The maximum atomic E-state index is 12.4. The van der Waals surface area contributed by atoms with Crippen molar-refractivity contribution >= 4 is 17.4 Å². The van der Waals surface area contributed by atoms with E-state index in [2.05, 4.69) is 25.7 Å². The summed E-state index contributed by atoms with van der Waals surface area (Å²) in [7, 11) is 0. The number of rotatable bonds is 4. The third kappa shape index (κ3) is 3.34. The molecule has 1 aliphatic heterocycles. The lowest BCUT2D eigenvalue weighted by Crippen LogP contribution is -2.43. The van der Waals surface area contributed by atoms with Crippen LogP contribution in [0.25, 0.3) is 0 Å². The highest BCUT2D eigenvalue weighted by Crippen LogP contribution is 2.18. The number of nitrogens with zero attached hydrogens (tertiary/aromatic N) is 3. The highest BCUT2D eigenvalue weighted by Gasteiger charge is 2.19. The van der Waals surface area contributed by atoms with Crippen LogP contribution in [0, 0.1) is 6.92 Å². The summed E-state index contributed by atoms with van der Waals surface area (Å²) in [5, 5.41) is 9.99. The molecule has 0 aliphatic carbocycles. The van der Waals surface area contributed by atoms with Crippen molar-refractivity contribution in [3.8, 4) is 0 Å². The quantitative estimate of drug-likeness (QED) is 0.892. The van der Waals surface area contributed by atoms with Gasteiger partial charge in [0.15, 0.2) is 0 Å². The van der Waals surface area contributed by atoms with Gasteiger partial charge in [-0.25, -0.2) is 4.98 Å². The van der Waals surface area contributed by atoms with Gasteiger partial charge in [-0.15, -0.1) is 0 Å². The zero-order valence-electron chi connectivity index (χ0n) is 13.4. The van der Waals surface area contributed by atoms with Crippen molar-refractivity contribution in [3.05, 3.63) is 35.3 Å². The van der Waals surface area contributed by atoms with Gasteiger partial charge < -0.3 is 20.1 Å². The average molecular weight is 315 g/mol. The fraction of sp³-hybridized carbons (Fsp3) is 0.438. The number of hydrogen-bond donors (Lipinski definition) is 2. The Labute approximate surface area is 135 Å². The van der Waals surface area contributed by atoms with Crippen LogP contribution < -0.4 is 15.5 Å². The van der Waals surface area contributed by atoms with Gasteiger partial charge >= 0.3 is 0 Å². The van der Waals surface area contributed by atoms with E-state index in [4.69, 9.17) is 4.52 Å². The van der Waals surface area contributed by atoms with Crippen LogP contribution in [-0.2, 0) is 6.42 Å². The van der Waals surface area contributed by atoms with Gasteiger partial charge in [0.2, 0.25) is 0 Å². The third-order valence-electron chi connectivity index (χ3n) is 3.95. The number of hydrogen-bond acceptors (Lipinski definition) is 6. The van der Waals surface area contributed by atoms with Gasteiger partial charge in [0.05, 0.1) is 17.6 Å². The smallest absolute Gasteiger partial charge is 0.262 e. The summed E-state index contributed by atoms with van der Waals surface area (Å²) in [4.78, 5) is 19.0. The first-order valence-corrected chi connectivity index (χ1v) is 7.87. The number of aryl methyl sites for hydroxylation is 2. The van der Waals surface area contributed by atoms with Crippen molar-refractivity contribution in [2.75, 3.05) is 36.4 Å². The van der Waals surface area contributed by atoms with E-state index in [0.717, 1.165) is 31.9 Å². The number of amides is 1. The Morgan fingerprint density at radius 2 is 2.17 bits per heavy atom. The van der Waals surface area contributed by atoms with E-state index in [0.29, 0.717) is 29.3 Å². The van der Waals surface area contributed by atoms with Crippen LogP contribution in [0.1, 0.15) is 28.7 Å². The molecule has 122 valence electrons. The molecule has 0 bridgehead atoms. The molecule has 1 aliphatic rings. The molecule has 1 amide bonds. The third-order valence-corrected chi connectivity index (χ3v) is 3.95. The molecule has 0 atom stereocenters. The lowest BCUT2D eigenvalue weighted by Gasteiger charge is -2.29. The Morgan fingerprint density at radius 1 is 1.39 bits per heavy atom. The summed E-state index contributed by atoms with van der Waals surface area (Å²) < 4.78 is 5.16. The molecule has 0 unspecified atom stereocenters. The molecule has 3 rings (SSSR count). The minimum atomic E-state index is -0.233. The van der Waals surface area contributed by atoms with Gasteiger partial charge in [0, 0.05) is 32.6 Å². The second-order valence-electron chi connectivity index (χ2n) is 5.51. The molecule has 2 N–H and O–H groups in total. The van der Waals surface area contributed by atoms with Crippen LogP contribution in [0.4, 0.5) is 11.5 Å². The van der Waals surface area contributed by atoms with Crippen LogP contribution in [0.3, 0.4) is 0 Å². The summed E-state index contributed by atoms with van der Waals surface area (Å²) in [5.41, 5.74) is 2.16. The number of carbonyl (C=O) groups excluding carboxylic acids is 1. The molecule has 7 nitrogen and oxygen atoms in total. The number of piperazine rings is 1. The molecule has 23 heavy (non-hydrogen) atoms. The fourth-order valence-corrected chi connectivity index (χ4v) is 2.70. The van der Waals surface area contributed by atoms with Crippen molar-refractivity contribution in [1.82, 2.24) is 15.5 Å². The highest BCUT2D eigenvalue weighted by molar-refractivity contribution is 6.05. The number of carbonyl (C=O) groups is 1. The van der Waals surface area contributed by atoms with Crippen LogP contribution in [0.15, 0.2) is 22.9 Å². The number of aromatic nitrogens is 2. The standard InChI is InChI=1S/C16H21N5O2/c1-3-13-15(11(2)20-23-13)16(22)19-14-5-4-12(10-18-14)21-8-6-17-7-9-21/h4-5,10,17H,3,6-9H2,1-2H3,(H,18,19,22). The summed E-state index contributed by atoms with van der Waals surface area (Å²) >= 11 is 0. The molecule has 1 saturated heterocycles. The Balaban J connectivity index is 1.70. The van der Waals surface area contributed by atoms with Crippen molar-refractivity contribution in [3.63, 3.8) is 0 Å². The van der Waals surface area contributed by atoms with E-state index >= 15 is 0 Å². The summed E-state index contributed by atoms with van der Waals surface area (Å²) in [6, 6.07) is 3.80. The molecule has 3 heterocycles. The number of pyridine rings is 1. The Kier molecular flexibility index (Phi) is 4.57. The minimum absolute atomic E-state index is 0.233. The molecule has 7 heteroatoms. The second kappa shape index (κ2) is 6.78. The zero-order chi connectivity index (χ0) is 16.2. The first-order chi connectivity index (χ1) is 11.2. The highest BCUT2D eigenvalue weighted by atomic mass is 16.5. The maximum Gasteiger partial charge on any atom is 0.262 e. The zero-order valence-corrected chi connectivity index (χ0v) is 13.4. The first kappa shape index (κ1) is 15.5. The summed E-state index contributed by atoms with van der Waals surface area (Å²) in [6.07, 6.45) is 2.42. The second-order valence-corrected chi connectivity index (χ2v) is 5.51. The van der Waals surface area contributed by atoms with Gasteiger partial charge in [-0.05, 0) is 19.1 Å². The minimum Gasteiger partial charge on any atom is -0.368 e. The van der Waals surface area contributed by atoms with Crippen LogP contribution in [-0.4, -0.2) is 42.2 Å². The molecule has 2 aromatic rings. The van der Waals surface area contributed by atoms with E-state index in [1.807, 2.05) is 19.1 Å². The fourth-order valence-electron chi connectivity index (χ4n) is 2.70. The van der Waals surface area contributed by atoms with Gasteiger partial charge in [-0.1, -0.05) is 12.1 Å². The van der Waals surface area contributed by atoms with Crippen molar-refractivity contribution in [2.24, 2.45) is 0 Å². The van der Waals surface area contributed by atoms with Crippen molar-refractivity contribution < 1.29 is 9.32 Å². The monoisotopic (exact) mass is 315 g/mol. The van der Waals surface area contributed by atoms with E-state index < -0.39 is 0 Å². The Morgan fingerprint density at radius 3 is 2.83 bits per heavy atom. The summed E-state index contributed by atoms with van der Waals surface area (Å²) in [6.45, 7) is 7.58. The largest absolute Gasteiger partial charge is 0.368 e. The lowest BCUT2D eigenvalue weighted by atomic mass is 10.1. The molecule has 0 spiro atoms. The number of nitrogens with one attached hydrogen (secondary N) is 2. The Bertz CT molecular complexity index is 674. The van der Waals surface area contributed by atoms with Crippen molar-refractivity contribution in [2.45, 2.75) is 20.3 Å². The van der Waals surface area contributed by atoms with E-state index in [9.17, 15) is 4.79 Å². The van der Waals surface area contributed by atoms with Gasteiger partial charge in [0.1, 0.15) is 17.1 Å². The van der Waals surface area contributed by atoms with E-state index in [1.165, 1.54) is 0 Å². The summed E-state index contributed by atoms with van der Waals surface area (Å²) in [5.74, 6) is 0.886. The molecule has 0 aromatic carbocycles. The van der Waals surface area contributed by atoms with Crippen molar-refractivity contribution in [1.29, 1.82) is 0 Å². The maximum absolute atomic E-state index is 12.4. The van der Waals surface area contributed by atoms with E-state index in [1.54, 1.807) is 13.1 Å². The molecule has 0 saturated carbocycles. The molecule has 2 aromatic heterocycles. The predicted octanol–water partition coefficient (Wildman–Crippen LogP) is 1.60. The lowest BCUT2D eigenvalue weighted by molar-refractivity contribution is 0.102. The van der Waals surface area contributed by atoms with Crippen LogP contribution in [0.2, 0.25) is 0 Å². The van der Waals surface area contributed by atoms with Gasteiger partial charge in [0.25, 0.3) is 5.91 Å². The average Bonchev–Trinajstić information content (AvgIpc) is 2.97. The topological polar surface area (TPSA) is 83.3 Å². The molecular formula is C16H21N5O2. The van der Waals surface area contributed by atoms with Gasteiger partial charge in [-0.2, -0.15) is 0 Å². The van der Waals surface area contributed by atoms with Crippen LogP contribution >= 0.6 is 0 Å². The molecular weight excluding hydrogens is 294 g/mol. The predicted molar refractivity (Wildman–Crippen MR) is 87.9 cm³/mol. The first-order valence-electron chi connectivity index (χ1n) is 7.87. The Hall–Kier alpha value is -2.41. The number of anilines is 2. The van der Waals surface area contributed by atoms with Gasteiger partial charge in [-0.3, -0.25) is 4.79 Å². The molecule has 0 radical (unpaired) electrons.